The normalized spacial score (nSPS) is 10.1. The Morgan fingerprint density at radius 3 is 2.10 bits per heavy atom. The number of carbonyl (C=O) groups excluding carboxylic acids is 3. The van der Waals surface area contributed by atoms with Crippen molar-refractivity contribution in [1.82, 2.24) is 0 Å². The van der Waals surface area contributed by atoms with Crippen LogP contribution in [0.4, 0.5) is 26.7 Å². The molecule has 7 heteroatoms. The van der Waals surface area contributed by atoms with E-state index in [1.807, 2.05) is 13.0 Å². The minimum Gasteiger partial charge on any atom is -0.410 e. The Bertz CT molecular complexity index is 1060. The quantitative estimate of drug-likeness (QED) is 0.493. The number of benzene rings is 3. The van der Waals surface area contributed by atoms with Gasteiger partial charge in [-0.15, -0.1) is 0 Å². The SMILES string of the molecule is CC(=O)c1ccc(NC(=O)Nc2cc(NC(=O)Oc3ccccc3)ccc2C)cc1. The van der Waals surface area contributed by atoms with E-state index in [1.54, 1.807) is 66.7 Å². The highest BCUT2D eigenvalue weighted by atomic mass is 16.6. The fourth-order valence-electron chi connectivity index (χ4n) is 2.65. The van der Waals surface area contributed by atoms with Gasteiger partial charge in [0.25, 0.3) is 0 Å². The molecule has 0 unspecified atom stereocenters. The summed E-state index contributed by atoms with van der Waals surface area (Å²) in [6.45, 7) is 3.32. The fraction of sp³-hybridized carbons (Fsp3) is 0.0870. The maximum absolute atomic E-state index is 12.3. The summed E-state index contributed by atoms with van der Waals surface area (Å²) in [4.78, 5) is 35.7. The predicted octanol–water partition coefficient (Wildman–Crippen LogP) is 5.45. The molecule has 0 aromatic heterocycles. The largest absolute Gasteiger partial charge is 0.417 e. The predicted molar refractivity (Wildman–Crippen MR) is 116 cm³/mol. The Morgan fingerprint density at radius 1 is 0.767 bits per heavy atom. The van der Waals surface area contributed by atoms with E-state index in [2.05, 4.69) is 16.0 Å². The van der Waals surface area contributed by atoms with Gasteiger partial charge in [0.2, 0.25) is 0 Å². The maximum atomic E-state index is 12.3. The van der Waals surface area contributed by atoms with Gasteiger partial charge in [-0.2, -0.15) is 0 Å². The fourth-order valence-corrected chi connectivity index (χ4v) is 2.65. The lowest BCUT2D eigenvalue weighted by Gasteiger charge is -2.12. The van der Waals surface area contributed by atoms with Crippen LogP contribution in [0.1, 0.15) is 22.8 Å². The number of anilines is 3. The average molecular weight is 403 g/mol. The summed E-state index contributed by atoms with van der Waals surface area (Å²) in [6, 6.07) is 20.0. The summed E-state index contributed by atoms with van der Waals surface area (Å²) in [7, 11) is 0. The summed E-state index contributed by atoms with van der Waals surface area (Å²) in [5.41, 5.74) is 2.95. The number of ether oxygens (including phenoxy) is 1. The van der Waals surface area contributed by atoms with Crippen molar-refractivity contribution in [1.29, 1.82) is 0 Å². The summed E-state index contributed by atoms with van der Waals surface area (Å²) < 4.78 is 5.20. The van der Waals surface area contributed by atoms with Crippen molar-refractivity contribution in [2.75, 3.05) is 16.0 Å². The lowest BCUT2D eigenvalue weighted by molar-refractivity contribution is 0.101. The van der Waals surface area contributed by atoms with Crippen molar-refractivity contribution in [2.45, 2.75) is 13.8 Å². The Balaban J connectivity index is 1.62. The molecule has 3 amide bonds. The van der Waals surface area contributed by atoms with Gasteiger partial charge in [0.05, 0.1) is 0 Å². The van der Waals surface area contributed by atoms with E-state index >= 15 is 0 Å². The molecule has 0 fully saturated rings. The Morgan fingerprint density at radius 2 is 1.43 bits per heavy atom. The number of ketones is 1. The van der Waals surface area contributed by atoms with Crippen LogP contribution in [0.5, 0.6) is 5.75 Å². The zero-order valence-corrected chi connectivity index (χ0v) is 16.6. The van der Waals surface area contributed by atoms with E-state index in [0.717, 1.165) is 5.56 Å². The third-order valence-electron chi connectivity index (χ3n) is 4.24. The third kappa shape index (κ3) is 5.68. The summed E-state index contributed by atoms with van der Waals surface area (Å²) in [5.74, 6) is 0.382. The molecule has 0 saturated carbocycles. The van der Waals surface area contributed by atoms with Gasteiger partial charge in [-0.05, 0) is 67.9 Å². The molecule has 3 aromatic carbocycles. The first-order chi connectivity index (χ1) is 14.4. The molecule has 0 heterocycles. The zero-order valence-electron chi connectivity index (χ0n) is 16.6. The van der Waals surface area contributed by atoms with E-state index in [-0.39, 0.29) is 5.78 Å². The van der Waals surface area contributed by atoms with Gasteiger partial charge < -0.3 is 15.4 Å². The first kappa shape index (κ1) is 20.6. The Labute approximate surface area is 174 Å². The molecule has 7 nitrogen and oxygen atoms in total. The van der Waals surface area contributed by atoms with Crippen LogP contribution >= 0.6 is 0 Å². The van der Waals surface area contributed by atoms with Crippen LogP contribution < -0.4 is 20.7 Å². The number of urea groups is 1. The highest BCUT2D eigenvalue weighted by molar-refractivity contribution is 6.01. The number of Topliss-reactive ketones (excluding diaryl/α,β-unsaturated/α-hetero) is 1. The number of carbonyl (C=O) groups is 3. The van der Waals surface area contributed by atoms with E-state index in [9.17, 15) is 14.4 Å². The summed E-state index contributed by atoms with van der Waals surface area (Å²) >= 11 is 0. The second-order valence-corrected chi connectivity index (χ2v) is 6.57. The summed E-state index contributed by atoms with van der Waals surface area (Å²) in [5, 5.41) is 8.09. The lowest BCUT2D eigenvalue weighted by Crippen LogP contribution is -2.20. The number of amides is 3. The van der Waals surface area contributed by atoms with Gasteiger partial charge in [-0.1, -0.05) is 24.3 Å². The van der Waals surface area contributed by atoms with E-state index in [1.165, 1.54) is 6.92 Å². The van der Waals surface area contributed by atoms with Crippen LogP contribution in [-0.4, -0.2) is 17.9 Å². The highest BCUT2D eigenvalue weighted by Gasteiger charge is 2.10. The molecular weight excluding hydrogens is 382 g/mol. The molecule has 0 aliphatic carbocycles. The molecule has 0 bridgehead atoms. The number of nitrogens with one attached hydrogen (secondary N) is 3. The summed E-state index contributed by atoms with van der Waals surface area (Å²) in [6.07, 6.45) is -0.633. The minimum atomic E-state index is -0.633. The molecular formula is C23H21N3O4. The maximum Gasteiger partial charge on any atom is 0.417 e. The van der Waals surface area contributed by atoms with E-state index in [4.69, 9.17) is 4.74 Å². The van der Waals surface area contributed by atoms with Crippen molar-refractivity contribution in [3.63, 3.8) is 0 Å². The second kappa shape index (κ2) is 9.38. The molecule has 152 valence electrons. The topological polar surface area (TPSA) is 96.5 Å². The van der Waals surface area contributed by atoms with Gasteiger partial charge in [-0.3, -0.25) is 10.1 Å². The van der Waals surface area contributed by atoms with Crippen LogP contribution in [0, 0.1) is 6.92 Å². The smallest absolute Gasteiger partial charge is 0.410 e. The zero-order chi connectivity index (χ0) is 21.5. The van der Waals surface area contributed by atoms with Gasteiger partial charge >= 0.3 is 12.1 Å². The van der Waals surface area contributed by atoms with Crippen LogP contribution in [0.3, 0.4) is 0 Å². The molecule has 30 heavy (non-hydrogen) atoms. The monoisotopic (exact) mass is 403 g/mol. The van der Waals surface area contributed by atoms with Crippen molar-refractivity contribution < 1.29 is 19.1 Å². The van der Waals surface area contributed by atoms with E-state index in [0.29, 0.717) is 28.4 Å². The van der Waals surface area contributed by atoms with E-state index < -0.39 is 12.1 Å². The number of hydrogen-bond acceptors (Lipinski definition) is 4. The van der Waals surface area contributed by atoms with Crippen molar-refractivity contribution in [3.05, 3.63) is 83.9 Å². The average Bonchev–Trinajstić information content (AvgIpc) is 2.71. The van der Waals surface area contributed by atoms with Gasteiger partial charge in [0, 0.05) is 22.6 Å². The molecule has 3 rings (SSSR count). The van der Waals surface area contributed by atoms with Crippen molar-refractivity contribution >= 4 is 35.0 Å². The van der Waals surface area contributed by atoms with Gasteiger partial charge in [-0.25, -0.2) is 9.59 Å². The number of aryl methyl sites for hydroxylation is 1. The standard InChI is InChI=1S/C23H21N3O4/c1-15-8-11-19(25-23(29)30-20-6-4-3-5-7-20)14-21(15)26-22(28)24-18-12-9-17(10-13-18)16(2)27/h3-14H,1-2H3,(H,25,29)(H2,24,26,28). The molecule has 0 aliphatic heterocycles. The van der Waals surface area contributed by atoms with Crippen LogP contribution in [0.2, 0.25) is 0 Å². The molecule has 0 spiro atoms. The minimum absolute atomic E-state index is 0.0447. The van der Waals surface area contributed by atoms with Crippen molar-refractivity contribution in [2.24, 2.45) is 0 Å². The first-order valence-electron chi connectivity index (χ1n) is 9.24. The molecule has 0 atom stereocenters. The number of hydrogen-bond donors (Lipinski definition) is 3. The second-order valence-electron chi connectivity index (χ2n) is 6.57. The number of rotatable bonds is 5. The highest BCUT2D eigenvalue weighted by Crippen LogP contribution is 2.21. The van der Waals surface area contributed by atoms with Crippen LogP contribution in [0.25, 0.3) is 0 Å². The van der Waals surface area contributed by atoms with Crippen LogP contribution in [-0.2, 0) is 0 Å². The first-order valence-corrected chi connectivity index (χ1v) is 9.24. The van der Waals surface area contributed by atoms with Gasteiger partial charge in [0.1, 0.15) is 5.75 Å². The molecule has 3 aromatic rings. The number of para-hydroxylation sites is 1. The molecule has 0 aliphatic rings. The van der Waals surface area contributed by atoms with Crippen LogP contribution in [0.15, 0.2) is 72.8 Å². The Hall–Kier alpha value is -4.13. The Kier molecular flexibility index (Phi) is 6.44. The third-order valence-corrected chi connectivity index (χ3v) is 4.24. The molecule has 3 N–H and O–H groups in total. The van der Waals surface area contributed by atoms with Crippen molar-refractivity contribution in [3.8, 4) is 5.75 Å². The lowest BCUT2D eigenvalue weighted by atomic mass is 10.1. The molecule has 0 radical (unpaired) electrons. The van der Waals surface area contributed by atoms with Gasteiger partial charge in [0.15, 0.2) is 5.78 Å². The molecule has 0 saturated heterocycles.